The summed E-state index contributed by atoms with van der Waals surface area (Å²) in [6.45, 7) is 1.05. The van der Waals surface area contributed by atoms with Crippen molar-refractivity contribution in [1.29, 1.82) is 0 Å². The van der Waals surface area contributed by atoms with Crippen molar-refractivity contribution in [1.82, 2.24) is 14.9 Å². The Hall–Kier alpha value is -0.840. The Labute approximate surface area is 124 Å². The number of nitrogens with zero attached hydrogens (tertiary/aromatic N) is 3. The van der Waals surface area contributed by atoms with Crippen LogP contribution in [0.4, 0.5) is 0 Å². The third-order valence-electron chi connectivity index (χ3n) is 4.36. The summed E-state index contributed by atoms with van der Waals surface area (Å²) in [5.41, 5.74) is 1.14. The Balaban J connectivity index is 2.11. The Morgan fingerprint density at radius 1 is 1.16 bits per heavy atom. The summed E-state index contributed by atoms with van der Waals surface area (Å²) in [6.07, 6.45) is 3.53. The number of fused-ring (bicyclic) bond motifs is 1. The lowest BCUT2D eigenvalue weighted by Crippen LogP contribution is -2.53. The molecule has 2 heterocycles. The van der Waals surface area contributed by atoms with Crippen LogP contribution in [0.2, 0.25) is 5.02 Å². The predicted molar refractivity (Wildman–Crippen MR) is 81.8 cm³/mol. The van der Waals surface area contributed by atoms with Crippen molar-refractivity contribution in [2.45, 2.75) is 24.9 Å². The number of thiocarbonyl (C=S) groups is 1. The van der Waals surface area contributed by atoms with Gasteiger partial charge in [0.25, 0.3) is 0 Å². The zero-order valence-corrected chi connectivity index (χ0v) is 12.8. The maximum Gasteiger partial charge on any atom is 0.187 e. The van der Waals surface area contributed by atoms with Gasteiger partial charge in [-0.15, -0.1) is 0 Å². The predicted octanol–water partition coefficient (Wildman–Crippen LogP) is 3.06. The first-order valence-corrected chi connectivity index (χ1v) is 7.41. The average Bonchev–Trinajstić information content (AvgIpc) is 2.63. The lowest BCUT2D eigenvalue weighted by molar-refractivity contribution is -0.0843. The summed E-state index contributed by atoms with van der Waals surface area (Å²) in [5.74, 6) is 0. The second-order valence-corrected chi connectivity index (χ2v) is 6.07. The monoisotopic (exact) mass is 295 g/mol. The number of halogens is 1. The minimum atomic E-state index is -0.130. The van der Waals surface area contributed by atoms with Gasteiger partial charge >= 0.3 is 0 Å². The zero-order valence-electron chi connectivity index (χ0n) is 11.3. The van der Waals surface area contributed by atoms with Crippen LogP contribution in [-0.4, -0.2) is 40.7 Å². The van der Waals surface area contributed by atoms with E-state index in [9.17, 15) is 0 Å². The molecule has 19 heavy (non-hydrogen) atoms. The van der Waals surface area contributed by atoms with Gasteiger partial charge in [0.05, 0.1) is 0 Å². The molecule has 0 N–H and O–H groups in total. The smallest absolute Gasteiger partial charge is 0.187 e. The van der Waals surface area contributed by atoms with Gasteiger partial charge in [-0.3, -0.25) is 5.01 Å². The van der Waals surface area contributed by atoms with E-state index in [1.165, 1.54) is 18.4 Å². The maximum absolute atomic E-state index is 6.02. The molecule has 1 atom stereocenters. The summed E-state index contributed by atoms with van der Waals surface area (Å²) < 4.78 is 0. The van der Waals surface area contributed by atoms with Crippen LogP contribution in [0.25, 0.3) is 0 Å². The summed E-state index contributed by atoms with van der Waals surface area (Å²) in [5, 5.41) is 6.17. The molecule has 2 aliphatic rings. The van der Waals surface area contributed by atoms with E-state index < -0.39 is 0 Å². The van der Waals surface area contributed by atoms with Crippen molar-refractivity contribution >= 4 is 28.9 Å². The summed E-state index contributed by atoms with van der Waals surface area (Å²) in [7, 11) is 4.15. The fourth-order valence-corrected chi connectivity index (χ4v) is 3.74. The molecule has 2 fully saturated rings. The van der Waals surface area contributed by atoms with Crippen LogP contribution in [0.3, 0.4) is 0 Å². The molecule has 0 aromatic heterocycles. The SMILES string of the molecule is CN1C(=S)N(C)C2(c3ccc(Cl)cc3)CCCCN12. The lowest BCUT2D eigenvalue weighted by atomic mass is 9.89. The van der Waals surface area contributed by atoms with E-state index in [1.54, 1.807) is 0 Å². The molecule has 0 aliphatic carbocycles. The first-order valence-electron chi connectivity index (χ1n) is 6.62. The molecule has 1 aromatic carbocycles. The molecule has 2 saturated heterocycles. The van der Waals surface area contributed by atoms with Gasteiger partial charge in [-0.05, 0) is 49.2 Å². The molecule has 102 valence electrons. The molecule has 0 radical (unpaired) electrons. The van der Waals surface area contributed by atoms with Gasteiger partial charge in [-0.25, -0.2) is 0 Å². The highest BCUT2D eigenvalue weighted by atomic mass is 35.5. The topological polar surface area (TPSA) is 9.72 Å². The van der Waals surface area contributed by atoms with Crippen LogP contribution in [0.15, 0.2) is 24.3 Å². The molecule has 3 nitrogen and oxygen atoms in total. The van der Waals surface area contributed by atoms with Crippen LogP contribution in [0.5, 0.6) is 0 Å². The van der Waals surface area contributed by atoms with E-state index in [0.29, 0.717) is 0 Å². The van der Waals surface area contributed by atoms with Crippen LogP contribution in [0, 0.1) is 0 Å². The number of benzene rings is 1. The second-order valence-electron chi connectivity index (χ2n) is 5.27. The van der Waals surface area contributed by atoms with E-state index in [2.05, 4.69) is 41.1 Å². The first-order chi connectivity index (χ1) is 9.07. The van der Waals surface area contributed by atoms with Crippen molar-refractivity contribution in [2.24, 2.45) is 0 Å². The van der Waals surface area contributed by atoms with Crippen LogP contribution in [0.1, 0.15) is 24.8 Å². The van der Waals surface area contributed by atoms with E-state index in [4.69, 9.17) is 23.8 Å². The normalized spacial score (nSPS) is 27.8. The van der Waals surface area contributed by atoms with Crippen molar-refractivity contribution in [3.8, 4) is 0 Å². The molecular weight excluding hydrogens is 278 g/mol. The van der Waals surface area contributed by atoms with Gasteiger partial charge in [0, 0.05) is 25.7 Å². The second kappa shape index (κ2) is 4.62. The number of piperidine rings is 1. The highest BCUT2D eigenvalue weighted by Crippen LogP contribution is 2.45. The molecule has 2 aliphatic heterocycles. The van der Waals surface area contributed by atoms with E-state index in [-0.39, 0.29) is 5.66 Å². The Kier molecular flexibility index (Phi) is 3.20. The molecular formula is C14H18ClN3S. The van der Waals surface area contributed by atoms with Gasteiger partial charge in [0.1, 0.15) is 5.66 Å². The fourth-order valence-electron chi connectivity index (χ4n) is 3.37. The van der Waals surface area contributed by atoms with E-state index in [0.717, 1.165) is 23.1 Å². The standard InChI is InChI=1S/C14H18ClN3S/c1-16-13(19)17(2)18-10-4-3-9-14(16,18)11-5-7-12(15)8-6-11/h5-8H,3-4,9-10H2,1-2H3. The van der Waals surface area contributed by atoms with Crippen molar-refractivity contribution in [2.75, 3.05) is 20.6 Å². The quantitative estimate of drug-likeness (QED) is 0.736. The highest BCUT2D eigenvalue weighted by molar-refractivity contribution is 7.80. The molecule has 0 bridgehead atoms. The zero-order chi connectivity index (χ0) is 13.6. The molecule has 1 unspecified atom stereocenters. The third kappa shape index (κ3) is 1.77. The van der Waals surface area contributed by atoms with Gasteiger partial charge < -0.3 is 4.90 Å². The number of rotatable bonds is 1. The number of hydrogen-bond acceptors (Lipinski definition) is 2. The molecule has 0 saturated carbocycles. The lowest BCUT2D eigenvalue weighted by Gasteiger charge is -2.46. The molecule has 0 spiro atoms. The van der Waals surface area contributed by atoms with Gasteiger partial charge in [0.2, 0.25) is 0 Å². The van der Waals surface area contributed by atoms with Gasteiger partial charge in [-0.2, -0.15) is 5.01 Å². The Bertz CT molecular complexity index is 504. The van der Waals surface area contributed by atoms with Gasteiger partial charge in [-0.1, -0.05) is 23.7 Å². The number of hydrazine groups is 1. The van der Waals surface area contributed by atoms with E-state index in [1.807, 2.05) is 12.1 Å². The average molecular weight is 296 g/mol. The third-order valence-corrected chi connectivity index (χ3v) is 5.15. The van der Waals surface area contributed by atoms with Crippen molar-refractivity contribution in [3.05, 3.63) is 34.9 Å². The first kappa shape index (κ1) is 13.2. The summed E-state index contributed by atoms with van der Waals surface area (Å²) in [4.78, 5) is 2.23. The number of hydrogen-bond donors (Lipinski definition) is 0. The highest BCUT2D eigenvalue weighted by Gasteiger charge is 2.52. The van der Waals surface area contributed by atoms with E-state index >= 15 is 0 Å². The minimum absolute atomic E-state index is 0.130. The van der Waals surface area contributed by atoms with Gasteiger partial charge in [0.15, 0.2) is 5.11 Å². The maximum atomic E-state index is 6.02. The Morgan fingerprint density at radius 2 is 1.84 bits per heavy atom. The van der Waals surface area contributed by atoms with Crippen LogP contribution >= 0.6 is 23.8 Å². The van der Waals surface area contributed by atoms with Crippen LogP contribution < -0.4 is 0 Å². The van der Waals surface area contributed by atoms with Crippen LogP contribution in [-0.2, 0) is 5.66 Å². The summed E-state index contributed by atoms with van der Waals surface area (Å²) >= 11 is 11.6. The largest absolute Gasteiger partial charge is 0.327 e. The van der Waals surface area contributed by atoms with Crippen molar-refractivity contribution in [3.63, 3.8) is 0 Å². The van der Waals surface area contributed by atoms with Crippen molar-refractivity contribution < 1.29 is 0 Å². The molecule has 5 heteroatoms. The minimum Gasteiger partial charge on any atom is -0.327 e. The Morgan fingerprint density at radius 3 is 2.53 bits per heavy atom. The molecule has 3 rings (SSSR count). The fraction of sp³-hybridized carbons (Fsp3) is 0.500. The molecule has 1 aromatic rings. The summed E-state index contributed by atoms with van der Waals surface area (Å²) in [6, 6.07) is 8.18. The molecule has 0 amide bonds.